The fourth-order valence-corrected chi connectivity index (χ4v) is 5.89. The molecule has 0 spiro atoms. The van der Waals surface area contributed by atoms with Crippen molar-refractivity contribution < 1.29 is 29.3 Å². The number of ether oxygens (including phenoxy) is 2. The Kier molecular flexibility index (Phi) is 5.97. The predicted octanol–water partition coefficient (Wildman–Crippen LogP) is 3.70. The third-order valence-electron chi connectivity index (χ3n) is 7.94. The highest BCUT2D eigenvalue weighted by atomic mass is 16.7. The van der Waals surface area contributed by atoms with E-state index in [0.29, 0.717) is 12.4 Å². The fourth-order valence-electron chi connectivity index (χ4n) is 5.89. The van der Waals surface area contributed by atoms with Gasteiger partial charge in [0.25, 0.3) is 0 Å². The molecule has 2 aliphatic rings. The number of aryl methyl sites for hydroxylation is 2. The molecule has 3 N–H and O–H groups in total. The lowest BCUT2D eigenvalue weighted by Gasteiger charge is -2.36. The SMILES string of the molecule is Cc1noc(C)c1-c1ccc2c(C3=N[C@H]4[C@@H](O3)O[C@H](CO)[C@@H](O)[C@@H]4O)cn(Cc3ccc4ccccc4c3)c2c1. The molecule has 7 rings (SSSR count). The summed E-state index contributed by atoms with van der Waals surface area (Å²) in [6, 6.07) is 20.1. The smallest absolute Gasteiger partial charge is 0.227 e. The van der Waals surface area contributed by atoms with Crippen LogP contribution in [0.15, 0.2) is 76.4 Å². The molecule has 2 aromatic heterocycles. The normalized spacial score (nSPS) is 24.3. The van der Waals surface area contributed by atoms with Gasteiger partial charge in [-0.05, 0) is 47.9 Å². The van der Waals surface area contributed by atoms with Crippen LogP contribution in [0.3, 0.4) is 0 Å². The van der Waals surface area contributed by atoms with E-state index >= 15 is 0 Å². The molecule has 3 aromatic carbocycles. The maximum absolute atomic E-state index is 10.7. The first-order valence-corrected chi connectivity index (χ1v) is 13.3. The molecule has 1 fully saturated rings. The van der Waals surface area contributed by atoms with E-state index in [-0.39, 0.29) is 0 Å². The average Bonchev–Trinajstić information content (AvgIpc) is 3.65. The van der Waals surface area contributed by atoms with Crippen molar-refractivity contribution >= 4 is 27.6 Å². The number of rotatable bonds is 5. The first-order valence-electron chi connectivity index (χ1n) is 13.3. The van der Waals surface area contributed by atoms with Gasteiger partial charge in [0.1, 0.15) is 30.1 Å². The van der Waals surface area contributed by atoms with Crippen LogP contribution in [0.4, 0.5) is 0 Å². The summed E-state index contributed by atoms with van der Waals surface area (Å²) in [7, 11) is 0. The average molecular weight is 540 g/mol. The van der Waals surface area contributed by atoms with Gasteiger partial charge in [0.2, 0.25) is 12.2 Å². The van der Waals surface area contributed by atoms with Crippen molar-refractivity contribution in [2.75, 3.05) is 6.61 Å². The molecule has 0 saturated carbocycles. The second-order valence-electron chi connectivity index (χ2n) is 10.5. The zero-order valence-corrected chi connectivity index (χ0v) is 22.1. The Morgan fingerprint density at radius 1 is 0.950 bits per heavy atom. The van der Waals surface area contributed by atoms with E-state index in [1.807, 2.05) is 44.3 Å². The third-order valence-corrected chi connectivity index (χ3v) is 7.94. The summed E-state index contributed by atoms with van der Waals surface area (Å²) >= 11 is 0. The van der Waals surface area contributed by atoms with Gasteiger partial charge in [-0.15, -0.1) is 0 Å². The topological polar surface area (TPSA) is 122 Å². The van der Waals surface area contributed by atoms with Crippen molar-refractivity contribution in [3.05, 3.63) is 89.4 Å². The summed E-state index contributed by atoms with van der Waals surface area (Å²) in [5, 5.41) is 38.0. The van der Waals surface area contributed by atoms with Gasteiger partial charge in [-0.25, -0.2) is 4.99 Å². The number of aliphatic imine (C=N–C) groups is 1. The van der Waals surface area contributed by atoms with Gasteiger partial charge < -0.3 is 33.9 Å². The van der Waals surface area contributed by atoms with E-state index in [4.69, 9.17) is 14.0 Å². The van der Waals surface area contributed by atoms with Crippen LogP contribution >= 0.6 is 0 Å². The van der Waals surface area contributed by atoms with Gasteiger partial charge in [0, 0.05) is 29.2 Å². The minimum Gasteiger partial charge on any atom is -0.445 e. The molecule has 9 heteroatoms. The number of aliphatic hydroxyl groups excluding tert-OH is 3. The first-order chi connectivity index (χ1) is 19.4. The largest absolute Gasteiger partial charge is 0.445 e. The Labute approximate surface area is 229 Å². The van der Waals surface area contributed by atoms with Crippen LogP contribution in [0, 0.1) is 13.8 Å². The highest BCUT2D eigenvalue weighted by molar-refractivity contribution is 6.08. The highest BCUT2D eigenvalue weighted by Gasteiger charge is 2.49. The second-order valence-corrected chi connectivity index (χ2v) is 10.5. The molecule has 204 valence electrons. The lowest BCUT2D eigenvalue weighted by Crippen LogP contribution is -2.56. The van der Waals surface area contributed by atoms with Crippen LogP contribution < -0.4 is 0 Å². The monoisotopic (exact) mass is 539 g/mol. The van der Waals surface area contributed by atoms with Crippen molar-refractivity contribution in [2.24, 2.45) is 4.99 Å². The Morgan fingerprint density at radius 2 is 1.77 bits per heavy atom. The van der Waals surface area contributed by atoms with Crippen LogP contribution in [-0.2, 0) is 16.0 Å². The molecule has 0 radical (unpaired) electrons. The number of nitrogens with zero attached hydrogens (tertiary/aromatic N) is 3. The minimum atomic E-state index is -1.26. The number of hydrogen-bond donors (Lipinski definition) is 3. The van der Waals surface area contributed by atoms with E-state index in [2.05, 4.69) is 51.1 Å². The second kappa shape index (κ2) is 9.57. The van der Waals surface area contributed by atoms with Crippen LogP contribution in [0.1, 0.15) is 22.6 Å². The predicted molar refractivity (Wildman–Crippen MR) is 149 cm³/mol. The molecular formula is C31H29N3O6. The van der Waals surface area contributed by atoms with E-state index in [9.17, 15) is 15.3 Å². The van der Waals surface area contributed by atoms with Crippen molar-refractivity contribution in [2.45, 2.75) is 51.0 Å². The number of fused-ring (bicyclic) bond motifs is 3. The molecule has 0 amide bonds. The molecule has 0 unspecified atom stereocenters. The van der Waals surface area contributed by atoms with E-state index in [0.717, 1.165) is 44.6 Å². The van der Waals surface area contributed by atoms with Crippen LogP contribution in [0.5, 0.6) is 0 Å². The zero-order chi connectivity index (χ0) is 27.5. The minimum absolute atomic E-state index is 0.326. The Morgan fingerprint density at radius 3 is 2.55 bits per heavy atom. The Hall–Kier alpha value is -4.02. The summed E-state index contributed by atoms with van der Waals surface area (Å²) in [6.07, 6.45) is -2.32. The lowest BCUT2D eigenvalue weighted by atomic mass is 9.98. The van der Waals surface area contributed by atoms with Crippen molar-refractivity contribution in [1.29, 1.82) is 0 Å². The maximum atomic E-state index is 10.7. The molecule has 1 saturated heterocycles. The zero-order valence-electron chi connectivity index (χ0n) is 22.1. The summed E-state index contributed by atoms with van der Waals surface area (Å²) in [5.74, 6) is 1.08. The Balaban J connectivity index is 1.33. The molecule has 5 aromatic rings. The molecule has 4 heterocycles. The standard InChI is InChI=1S/C31H29N3O6/c1-16-26(17(2)40-33-16)21-9-10-22-23(30-32-27-29(37)28(36)25(15-35)38-31(27)39-30)14-34(24(22)12-21)13-18-7-8-19-5-3-4-6-20(19)11-18/h3-12,14,25,27-29,31,35-37H,13,15H2,1-2H3/t25-,27-,28-,29-,31-/m1/s1. The molecular weight excluding hydrogens is 510 g/mol. The highest BCUT2D eigenvalue weighted by Crippen LogP contribution is 2.35. The maximum Gasteiger partial charge on any atom is 0.227 e. The number of aliphatic hydroxyl groups is 3. The van der Waals surface area contributed by atoms with Crippen molar-refractivity contribution in [3.63, 3.8) is 0 Å². The lowest BCUT2D eigenvalue weighted by molar-refractivity contribution is -0.234. The summed E-state index contributed by atoms with van der Waals surface area (Å²) in [6.45, 7) is 4.01. The van der Waals surface area contributed by atoms with Crippen LogP contribution in [-0.4, -0.2) is 68.2 Å². The number of benzene rings is 3. The first kappa shape index (κ1) is 25.0. The van der Waals surface area contributed by atoms with Crippen LogP contribution in [0.25, 0.3) is 32.8 Å². The third kappa shape index (κ3) is 4.01. The van der Waals surface area contributed by atoms with Gasteiger partial charge in [-0.3, -0.25) is 0 Å². The van der Waals surface area contributed by atoms with E-state index in [1.54, 1.807) is 0 Å². The van der Waals surface area contributed by atoms with Crippen molar-refractivity contribution in [3.8, 4) is 11.1 Å². The quantitative estimate of drug-likeness (QED) is 0.311. The Bertz CT molecular complexity index is 1750. The summed E-state index contributed by atoms with van der Waals surface area (Å²) in [4.78, 5) is 4.63. The van der Waals surface area contributed by atoms with Gasteiger partial charge in [0.15, 0.2) is 0 Å². The molecule has 2 aliphatic heterocycles. The van der Waals surface area contributed by atoms with E-state index in [1.165, 1.54) is 10.8 Å². The molecule has 9 nitrogen and oxygen atoms in total. The summed E-state index contributed by atoms with van der Waals surface area (Å²) < 4.78 is 19.4. The van der Waals surface area contributed by atoms with Gasteiger partial charge in [0.05, 0.1) is 17.9 Å². The van der Waals surface area contributed by atoms with Gasteiger partial charge in [-0.1, -0.05) is 53.7 Å². The summed E-state index contributed by atoms with van der Waals surface area (Å²) in [5.41, 5.74) is 5.63. The fraction of sp³-hybridized carbons (Fsp3) is 0.290. The molecule has 40 heavy (non-hydrogen) atoms. The van der Waals surface area contributed by atoms with Gasteiger partial charge in [-0.2, -0.15) is 0 Å². The van der Waals surface area contributed by atoms with Crippen molar-refractivity contribution in [1.82, 2.24) is 9.72 Å². The molecule has 0 bridgehead atoms. The number of hydrogen-bond acceptors (Lipinski definition) is 8. The molecule has 5 atom stereocenters. The van der Waals surface area contributed by atoms with Gasteiger partial charge >= 0.3 is 0 Å². The molecule has 0 aliphatic carbocycles. The van der Waals surface area contributed by atoms with Crippen LogP contribution in [0.2, 0.25) is 0 Å². The number of aromatic nitrogens is 2. The van der Waals surface area contributed by atoms with E-state index < -0.39 is 37.3 Å².